The van der Waals surface area contributed by atoms with Crippen LogP contribution in [0.4, 0.5) is 5.82 Å². The molecular formula is C12H21N4O13P3. The van der Waals surface area contributed by atoms with Crippen LogP contribution in [-0.4, -0.2) is 70.2 Å². The fourth-order valence-corrected chi connectivity index (χ4v) is 5.62. The van der Waals surface area contributed by atoms with Crippen molar-refractivity contribution in [3.8, 4) is 0 Å². The first-order chi connectivity index (χ1) is 14.5. The molecule has 182 valence electrons. The van der Waals surface area contributed by atoms with E-state index in [-0.39, 0.29) is 11.5 Å². The number of nitrogens with zero attached hydrogens (tertiary/aromatic N) is 3. The third-order valence-corrected chi connectivity index (χ3v) is 7.84. The summed E-state index contributed by atoms with van der Waals surface area (Å²) < 4.78 is 51.6. The molecule has 0 aliphatic carbocycles. The van der Waals surface area contributed by atoms with Gasteiger partial charge in [0.25, 0.3) is 0 Å². The van der Waals surface area contributed by atoms with Crippen molar-refractivity contribution in [2.45, 2.75) is 24.9 Å². The third-order valence-electron chi connectivity index (χ3n) is 4.03. The van der Waals surface area contributed by atoms with Crippen LogP contribution in [0.25, 0.3) is 11.0 Å². The number of aliphatic hydroxyl groups is 2. The number of nitrogen functional groups attached to an aromatic ring is 1. The van der Waals surface area contributed by atoms with Crippen molar-refractivity contribution in [1.29, 1.82) is 0 Å². The van der Waals surface area contributed by atoms with Gasteiger partial charge in [-0.05, 0) is 13.0 Å². The molecule has 32 heavy (non-hydrogen) atoms. The number of hydrogen-bond acceptors (Lipinski definition) is 12. The summed E-state index contributed by atoms with van der Waals surface area (Å²) in [4.78, 5) is 43.5. The second-order valence-corrected chi connectivity index (χ2v) is 10.8. The average molecular weight is 522 g/mol. The molecule has 0 radical (unpaired) electrons. The number of anilines is 1. The van der Waals surface area contributed by atoms with Crippen LogP contribution in [-0.2, 0) is 37.3 Å². The molecular weight excluding hydrogens is 501 g/mol. The number of methoxy groups -OCH3 is 1. The molecule has 2 aromatic heterocycles. The Morgan fingerprint density at radius 2 is 1.78 bits per heavy atom. The monoisotopic (exact) mass is 522 g/mol. The summed E-state index contributed by atoms with van der Waals surface area (Å²) in [6.45, 7) is 0.167. The lowest BCUT2D eigenvalue weighted by molar-refractivity contribution is -0.173. The molecule has 0 saturated carbocycles. The maximum Gasteiger partial charge on any atom is 0.490 e. The normalized spacial score (nSPS) is 20.2. The first-order valence-electron chi connectivity index (χ1n) is 8.28. The number of phosphoric acid groups is 3. The number of nitrogens with two attached hydrogens (primary N) is 1. The molecule has 0 saturated heterocycles. The van der Waals surface area contributed by atoms with Gasteiger partial charge in [-0.2, -0.15) is 8.62 Å². The van der Waals surface area contributed by atoms with Gasteiger partial charge in [0.2, 0.25) is 0 Å². The second-order valence-electron chi connectivity index (χ2n) is 6.38. The molecule has 0 aliphatic heterocycles. The van der Waals surface area contributed by atoms with Crippen LogP contribution in [0, 0.1) is 0 Å². The van der Waals surface area contributed by atoms with E-state index in [0.717, 1.165) is 24.9 Å². The van der Waals surface area contributed by atoms with Crippen LogP contribution in [0.5, 0.6) is 0 Å². The number of fused-ring (bicyclic) bond motifs is 1. The van der Waals surface area contributed by atoms with E-state index in [9.17, 15) is 28.8 Å². The number of rotatable bonds is 11. The number of aliphatic hydroxyl groups excluding tert-OH is 1. The molecule has 2 aromatic rings. The molecule has 0 aliphatic rings. The largest absolute Gasteiger partial charge is 0.490 e. The van der Waals surface area contributed by atoms with E-state index in [0.29, 0.717) is 5.39 Å². The summed E-state index contributed by atoms with van der Waals surface area (Å²) in [6, 6.07) is 1.47. The van der Waals surface area contributed by atoms with Crippen molar-refractivity contribution in [3.05, 3.63) is 18.6 Å². The quantitative estimate of drug-likeness (QED) is 0.182. The van der Waals surface area contributed by atoms with Gasteiger partial charge in [0, 0.05) is 13.3 Å². The van der Waals surface area contributed by atoms with Gasteiger partial charge in [-0.1, -0.05) is 0 Å². The Balaban J connectivity index is 2.17. The molecule has 0 aromatic carbocycles. The number of ether oxygens (including phenoxy) is 1. The highest BCUT2D eigenvalue weighted by atomic mass is 31.3. The van der Waals surface area contributed by atoms with Crippen LogP contribution in [0.1, 0.15) is 6.92 Å². The van der Waals surface area contributed by atoms with Gasteiger partial charge >= 0.3 is 23.5 Å². The van der Waals surface area contributed by atoms with E-state index in [1.165, 1.54) is 12.3 Å². The Morgan fingerprint density at radius 3 is 2.34 bits per heavy atom. The molecule has 5 atom stereocenters. The Labute approximate surface area is 179 Å². The first kappa shape index (κ1) is 27.0. The van der Waals surface area contributed by atoms with Gasteiger partial charge in [-0.15, -0.1) is 0 Å². The molecule has 2 heterocycles. The topological polar surface area (TPSA) is 266 Å². The molecule has 2 unspecified atom stereocenters. The van der Waals surface area contributed by atoms with Crippen LogP contribution in [0.2, 0.25) is 0 Å². The lowest BCUT2D eigenvalue weighted by atomic mass is 10.0. The highest BCUT2D eigenvalue weighted by Crippen LogP contribution is 2.66. The van der Waals surface area contributed by atoms with Crippen molar-refractivity contribution in [2.75, 3.05) is 19.5 Å². The zero-order valence-electron chi connectivity index (χ0n) is 16.4. The minimum absolute atomic E-state index is 0.106. The minimum atomic E-state index is -5.72. The fraction of sp³-hybridized carbons (Fsp3) is 0.500. The number of phosphoric ester groups is 1. The van der Waals surface area contributed by atoms with E-state index in [1.807, 2.05) is 0 Å². The molecule has 17 nitrogen and oxygen atoms in total. The maximum atomic E-state index is 11.9. The van der Waals surface area contributed by atoms with E-state index in [4.69, 9.17) is 25.2 Å². The summed E-state index contributed by atoms with van der Waals surface area (Å²) in [5.74, 6) is 0.106. The van der Waals surface area contributed by atoms with E-state index in [2.05, 4.69) is 23.1 Å². The molecule has 8 N–H and O–H groups in total. The van der Waals surface area contributed by atoms with Gasteiger partial charge in [-0.25, -0.2) is 23.7 Å². The summed E-state index contributed by atoms with van der Waals surface area (Å²) >= 11 is 0. The molecule has 20 heteroatoms. The maximum absolute atomic E-state index is 11.9. The smallest absolute Gasteiger partial charge is 0.385 e. The van der Waals surface area contributed by atoms with Crippen molar-refractivity contribution in [1.82, 2.24) is 14.5 Å². The molecule has 2 rings (SSSR count). The SMILES string of the molecule is CO[C@H](COP(=O)(O)OP(=O)(O)OP(=O)(O)O)[C@@H](O)[C@@](C)(O)n1ccc2c(N)ncnc21. The van der Waals surface area contributed by atoms with Gasteiger partial charge in [-0.3, -0.25) is 4.52 Å². The van der Waals surface area contributed by atoms with Crippen molar-refractivity contribution in [2.24, 2.45) is 0 Å². The van der Waals surface area contributed by atoms with Gasteiger partial charge in [0.15, 0.2) is 5.72 Å². The summed E-state index contributed by atoms with van der Waals surface area (Å²) in [7, 11) is -15.7. The summed E-state index contributed by atoms with van der Waals surface area (Å²) in [5.41, 5.74) is 3.72. The predicted octanol–water partition coefficient (Wildman–Crippen LogP) is -0.602. The Bertz CT molecular complexity index is 1100. The Hall–Kier alpha value is -1.29. The molecule has 0 bridgehead atoms. The molecule has 0 spiro atoms. The van der Waals surface area contributed by atoms with E-state index >= 15 is 0 Å². The van der Waals surface area contributed by atoms with Crippen LogP contribution in [0.15, 0.2) is 18.6 Å². The van der Waals surface area contributed by atoms with Gasteiger partial charge in [0.05, 0.1) is 12.0 Å². The first-order valence-corrected chi connectivity index (χ1v) is 12.8. The minimum Gasteiger partial charge on any atom is -0.385 e. The van der Waals surface area contributed by atoms with Crippen molar-refractivity contribution in [3.63, 3.8) is 0 Å². The zero-order valence-corrected chi connectivity index (χ0v) is 19.1. The zero-order chi connectivity index (χ0) is 24.5. The van der Waals surface area contributed by atoms with Crippen molar-refractivity contribution < 1.29 is 61.4 Å². The van der Waals surface area contributed by atoms with Gasteiger partial charge in [0.1, 0.15) is 30.0 Å². The average Bonchev–Trinajstić information content (AvgIpc) is 3.05. The summed E-state index contributed by atoms with van der Waals surface area (Å²) in [5, 5.41) is 21.9. The second kappa shape index (κ2) is 9.52. The number of hydrogen-bond donors (Lipinski definition) is 7. The van der Waals surface area contributed by atoms with Gasteiger partial charge < -0.3 is 44.8 Å². The molecule has 0 amide bonds. The molecule has 0 fully saturated rings. The Morgan fingerprint density at radius 1 is 1.16 bits per heavy atom. The predicted molar refractivity (Wildman–Crippen MR) is 104 cm³/mol. The van der Waals surface area contributed by atoms with Crippen LogP contribution in [0.3, 0.4) is 0 Å². The summed E-state index contributed by atoms with van der Waals surface area (Å²) in [6.07, 6.45) is -0.925. The van der Waals surface area contributed by atoms with E-state index < -0.39 is 48.0 Å². The van der Waals surface area contributed by atoms with Crippen LogP contribution >= 0.6 is 23.5 Å². The standard InChI is InChI=1S/C12H21N4O13P3/c1-12(18,16-4-3-7-10(13)14-6-15-11(7)16)9(17)8(26-2)5-27-31(22,23)29-32(24,25)28-30(19,20)21/h3-4,6,8-9,17-18H,5H2,1-2H3,(H,22,23)(H,24,25)(H2,13,14,15)(H2,19,20,21)/t8-,9-,12-/m1/s1. The van der Waals surface area contributed by atoms with Crippen LogP contribution < -0.4 is 5.73 Å². The highest BCUT2D eigenvalue weighted by molar-refractivity contribution is 7.66. The lowest BCUT2D eigenvalue weighted by Gasteiger charge is -2.35. The lowest BCUT2D eigenvalue weighted by Crippen LogP contribution is -2.50. The van der Waals surface area contributed by atoms with Crippen molar-refractivity contribution >= 4 is 40.3 Å². The third kappa shape index (κ3) is 6.62. The Kier molecular flexibility index (Phi) is 8.02. The number of aromatic nitrogens is 3. The fourth-order valence-electron chi connectivity index (χ4n) is 2.59. The highest BCUT2D eigenvalue weighted by Gasteiger charge is 2.43. The van der Waals surface area contributed by atoms with E-state index in [1.54, 1.807) is 0 Å².